The summed E-state index contributed by atoms with van der Waals surface area (Å²) in [5, 5.41) is 6.83. The van der Waals surface area contributed by atoms with Crippen molar-refractivity contribution < 1.29 is 0 Å². The zero-order chi connectivity index (χ0) is 12.6. The van der Waals surface area contributed by atoms with E-state index >= 15 is 0 Å². The molecule has 3 heteroatoms. The Morgan fingerprint density at radius 3 is 2.89 bits per heavy atom. The van der Waals surface area contributed by atoms with Crippen molar-refractivity contribution in [1.82, 2.24) is 10.6 Å². The molecule has 100 valence electrons. The van der Waals surface area contributed by atoms with Crippen LogP contribution in [0.1, 0.15) is 45.4 Å². The highest BCUT2D eigenvalue weighted by Gasteiger charge is 2.11. The van der Waals surface area contributed by atoms with Gasteiger partial charge < -0.3 is 10.6 Å². The minimum absolute atomic E-state index is 0.536. The van der Waals surface area contributed by atoms with Crippen LogP contribution in [0, 0.1) is 0 Å². The lowest BCUT2D eigenvalue weighted by Gasteiger charge is -2.16. The average molecular weight is 247 g/mol. The zero-order valence-electron chi connectivity index (χ0n) is 11.4. The monoisotopic (exact) mass is 247 g/mol. The van der Waals surface area contributed by atoms with Crippen molar-refractivity contribution in [2.24, 2.45) is 4.99 Å². The third kappa shape index (κ3) is 4.21. The van der Waals surface area contributed by atoms with Gasteiger partial charge in [0, 0.05) is 19.1 Å². The minimum atomic E-state index is 0.536. The molecule has 0 saturated carbocycles. The zero-order valence-corrected chi connectivity index (χ0v) is 11.4. The van der Waals surface area contributed by atoms with Gasteiger partial charge in [0.25, 0.3) is 0 Å². The Labute approximate surface area is 110 Å². The Bertz CT molecular complexity index is 334. The highest BCUT2D eigenvalue weighted by molar-refractivity contribution is 5.80. The molecule has 0 radical (unpaired) electrons. The van der Waals surface area contributed by atoms with E-state index < -0.39 is 0 Å². The lowest BCUT2D eigenvalue weighted by atomic mass is 10.2. The van der Waals surface area contributed by atoms with Crippen molar-refractivity contribution in [3.05, 3.63) is 23.8 Å². The van der Waals surface area contributed by atoms with Crippen LogP contribution in [0.3, 0.4) is 0 Å². The minimum Gasteiger partial charge on any atom is -0.357 e. The number of nitrogens with zero attached hydrogens (tertiary/aromatic N) is 1. The highest BCUT2D eigenvalue weighted by atomic mass is 15.2. The van der Waals surface area contributed by atoms with E-state index in [9.17, 15) is 0 Å². The van der Waals surface area contributed by atoms with Gasteiger partial charge in [0.2, 0.25) is 0 Å². The fourth-order valence-corrected chi connectivity index (χ4v) is 2.52. The second kappa shape index (κ2) is 7.24. The van der Waals surface area contributed by atoms with E-state index in [1.165, 1.54) is 19.3 Å². The van der Waals surface area contributed by atoms with Crippen LogP contribution in [0.25, 0.3) is 0 Å². The molecule has 0 aromatic carbocycles. The summed E-state index contributed by atoms with van der Waals surface area (Å²) in [5.74, 6) is 0.977. The molecule has 2 N–H and O–H groups in total. The number of hydrogen-bond donors (Lipinski definition) is 2. The summed E-state index contributed by atoms with van der Waals surface area (Å²) in [5.41, 5.74) is 1.59. The molecule has 2 aliphatic rings. The summed E-state index contributed by atoms with van der Waals surface area (Å²) < 4.78 is 0. The first-order valence-corrected chi connectivity index (χ1v) is 7.26. The summed E-state index contributed by atoms with van der Waals surface area (Å²) >= 11 is 0. The molecule has 0 saturated heterocycles. The molecule has 0 aromatic heterocycles. The summed E-state index contributed by atoms with van der Waals surface area (Å²) in [4.78, 5) is 4.67. The Hall–Kier alpha value is -1.25. The van der Waals surface area contributed by atoms with E-state index in [2.05, 4.69) is 40.8 Å². The number of rotatable bonds is 5. The Kier molecular flexibility index (Phi) is 5.31. The molecular weight excluding hydrogens is 222 g/mol. The fraction of sp³-hybridized carbons (Fsp3) is 0.667. The largest absolute Gasteiger partial charge is 0.357 e. The summed E-state index contributed by atoms with van der Waals surface area (Å²) in [6.07, 6.45) is 14.1. The van der Waals surface area contributed by atoms with Crippen molar-refractivity contribution in [1.29, 1.82) is 0 Å². The Morgan fingerprint density at radius 2 is 2.22 bits per heavy atom. The molecule has 0 aromatic rings. The van der Waals surface area contributed by atoms with Crippen LogP contribution in [-0.4, -0.2) is 25.1 Å². The van der Waals surface area contributed by atoms with Gasteiger partial charge in [0.15, 0.2) is 5.96 Å². The number of nitrogens with one attached hydrogen (secondary N) is 2. The van der Waals surface area contributed by atoms with E-state index in [4.69, 9.17) is 0 Å². The molecule has 18 heavy (non-hydrogen) atoms. The van der Waals surface area contributed by atoms with Crippen molar-refractivity contribution >= 4 is 5.96 Å². The van der Waals surface area contributed by atoms with Crippen LogP contribution >= 0.6 is 0 Å². The molecule has 0 bridgehead atoms. The van der Waals surface area contributed by atoms with Gasteiger partial charge in [-0.3, -0.25) is 4.99 Å². The maximum Gasteiger partial charge on any atom is 0.191 e. The van der Waals surface area contributed by atoms with Crippen molar-refractivity contribution in [2.75, 3.05) is 13.1 Å². The smallest absolute Gasteiger partial charge is 0.191 e. The summed E-state index contributed by atoms with van der Waals surface area (Å²) in [7, 11) is 0. The van der Waals surface area contributed by atoms with Crippen LogP contribution in [0.15, 0.2) is 28.8 Å². The molecule has 0 fully saturated rings. The van der Waals surface area contributed by atoms with Crippen LogP contribution < -0.4 is 10.6 Å². The van der Waals surface area contributed by atoms with Gasteiger partial charge in [0.1, 0.15) is 0 Å². The van der Waals surface area contributed by atoms with E-state index in [0.29, 0.717) is 6.04 Å². The topological polar surface area (TPSA) is 36.4 Å². The molecule has 2 aliphatic carbocycles. The first kappa shape index (κ1) is 13.2. The Morgan fingerprint density at radius 1 is 1.39 bits per heavy atom. The molecule has 0 spiro atoms. The van der Waals surface area contributed by atoms with Crippen molar-refractivity contribution in [3.8, 4) is 0 Å². The third-order valence-electron chi connectivity index (χ3n) is 3.53. The van der Waals surface area contributed by atoms with Gasteiger partial charge in [-0.1, -0.05) is 23.8 Å². The first-order valence-electron chi connectivity index (χ1n) is 7.26. The van der Waals surface area contributed by atoms with Gasteiger partial charge in [-0.15, -0.1) is 0 Å². The average Bonchev–Trinajstić information content (AvgIpc) is 3.02. The maximum absolute atomic E-state index is 4.67. The van der Waals surface area contributed by atoms with Gasteiger partial charge in [-0.25, -0.2) is 0 Å². The number of hydrogen-bond acceptors (Lipinski definition) is 1. The molecule has 0 amide bonds. The van der Waals surface area contributed by atoms with Crippen LogP contribution in [0.5, 0.6) is 0 Å². The molecule has 3 nitrogen and oxygen atoms in total. The van der Waals surface area contributed by atoms with E-state index in [1.54, 1.807) is 5.57 Å². The number of allylic oxidation sites excluding steroid dienone is 1. The van der Waals surface area contributed by atoms with Crippen molar-refractivity contribution in [3.63, 3.8) is 0 Å². The molecule has 0 heterocycles. The fourth-order valence-electron chi connectivity index (χ4n) is 2.52. The van der Waals surface area contributed by atoms with E-state index in [1.807, 2.05) is 0 Å². The lowest BCUT2D eigenvalue weighted by Crippen LogP contribution is -2.42. The first-order chi connectivity index (χ1) is 8.88. The SMILES string of the molecule is CCNC(=NCCC1=CCCC1)NC1CC=CC1. The van der Waals surface area contributed by atoms with E-state index in [0.717, 1.165) is 38.3 Å². The predicted molar refractivity (Wildman–Crippen MR) is 77.8 cm³/mol. The van der Waals surface area contributed by atoms with Crippen molar-refractivity contribution in [2.45, 2.75) is 51.5 Å². The van der Waals surface area contributed by atoms with Crippen LogP contribution in [0.4, 0.5) is 0 Å². The van der Waals surface area contributed by atoms with Gasteiger partial charge in [-0.05, 0) is 45.4 Å². The molecule has 0 atom stereocenters. The molecular formula is C15H25N3. The Balaban J connectivity index is 1.75. The van der Waals surface area contributed by atoms with E-state index in [-0.39, 0.29) is 0 Å². The molecule has 0 unspecified atom stereocenters. The molecule has 2 rings (SSSR count). The third-order valence-corrected chi connectivity index (χ3v) is 3.53. The quantitative estimate of drug-likeness (QED) is 0.445. The normalized spacial score (nSPS) is 20.3. The number of aliphatic imine (C=N–C) groups is 1. The van der Waals surface area contributed by atoms with Gasteiger partial charge in [0.05, 0.1) is 0 Å². The summed E-state index contributed by atoms with van der Waals surface area (Å²) in [6.45, 7) is 3.94. The predicted octanol–water partition coefficient (Wildman–Crippen LogP) is 2.76. The standard InChI is InChI=1S/C15H25N3/c1-2-16-15(18-14-9-5-6-10-14)17-12-11-13-7-3-4-8-13/h5-7,14H,2-4,8-12H2,1H3,(H2,16,17,18). The summed E-state index contributed by atoms with van der Waals surface area (Å²) in [6, 6.07) is 0.536. The molecule has 0 aliphatic heterocycles. The van der Waals surface area contributed by atoms with Crippen LogP contribution in [-0.2, 0) is 0 Å². The van der Waals surface area contributed by atoms with Gasteiger partial charge >= 0.3 is 0 Å². The lowest BCUT2D eigenvalue weighted by molar-refractivity contribution is 0.633. The van der Waals surface area contributed by atoms with Gasteiger partial charge in [-0.2, -0.15) is 0 Å². The highest BCUT2D eigenvalue weighted by Crippen LogP contribution is 2.20. The maximum atomic E-state index is 4.67. The number of guanidine groups is 1. The second-order valence-corrected chi connectivity index (χ2v) is 5.05. The van der Waals surface area contributed by atoms with Crippen LogP contribution in [0.2, 0.25) is 0 Å². The second-order valence-electron chi connectivity index (χ2n) is 5.05.